The highest BCUT2D eigenvalue weighted by Gasteiger charge is 2.16. The van der Waals surface area contributed by atoms with Crippen molar-refractivity contribution in [2.75, 3.05) is 13.1 Å². The summed E-state index contributed by atoms with van der Waals surface area (Å²) in [5.41, 5.74) is 1.05. The smallest absolute Gasteiger partial charge is 0.0964 e. The van der Waals surface area contributed by atoms with E-state index in [4.69, 9.17) is 0 Å². The van der Waals surface area contributed by atoms with Crippen molar-refractivity contribution in [3.8, 4) is 0 Å². The summed E-state index contributed by atoms with van der Waals surface area (Å²) in [6, 6.07) is 0. The number of nitrogens with zero attached hydrogens (tertiary/aromatic N) is 3. The van der Waals surface area contributed by atoms with Crippen molar-refractivity contribution in [3.63, 3.8) is 0 Å². The van der Waals surface area contributed by atoms with Crippen LogP contribution in [0.25, 0.3) is 0 Å². The Morgan fingerprint density at radius 3 is 2.92 bits per heavy atom. The van der Waals surface area contributed by atoms with Crippen molar-refractivity contribution in [2.45, 2.75) is 26.3 Å². The summed E-state index contributed by atoms with van der Waals surface area (Å²) in [4.78, 5) is 2.44. The molecule has 0 amide bonds. The molecule has 72 valence electrons. The standard InChI is InChI=1S/C9H16N4/c1-8-2-4-13(5-3-8)7-9-6-10-12-11-9/h6,8H,2-5,7H2,1H3,(H,10,11,12). The number of hydrogen-bond acceptors (Lipinski definition) is 3. The van der Waals surface area contributed by atoms with Gasteiger partial charge in [-0.2, -0.15) is 15.4 Å². The maximum atomic E-state index is 4.05. The number of likely N-dealkylation sites (tertiary alicyclic amines) is 1. The van der Waals surface area contributed by atoms with Crippen LogP contribution in [-0.4, -0.2) is 33.4 Å². The molecule has 1 N–H and O–H groups in total. The molecule has 1 fully saturated rings. The largest absolute Gasteiger partial charge is 0.297 e. The van der Waals surface area contributed by atoms with Crippen molar-refractivity contribution < 1.29 is 0 Å². The third-order valence-electron chi connectivity index (χ3n) is 2.73. The first-order valence-corrected chi connectivity index (χ1v) is 4.91. The Morgan fingerprint density at radius 2 is 2.31 bits per heavy atom. The molecule has 1 aliphatic heterocycles. The number of aromatic nitrogens is 3. The average molecular weight is 180 g/mol. The molecule has 0 atom stereocenters. The number of aromatic amines is 1. The zero-order chi connectivity index (χ0) is 9.10. The van der Waals surface area contributed by atoms with E-state index in [1.165, 1.54) is 25.9 Å². The molecule has 0 radical (unpaired) electrons. The molecule has 0 unspecified atom stereocenters. The molecular formula is C9H16N4. The fourth-order valence-corrected chi connectivity index (χ4v) is 1.75. The first-order valence-electron chi connectivity index (χ1n) is 4.91. The van der Waals surface area contributed by atoms with Gasteiger partial charge in [0.15, 0.2) is 0 Å². The van der Waals surface area contributed by atoms with E-state index in [1.54, 1.807) is 6.20 Å². The predicted molar refractivity (Wildman–Crippen MR) is 50.1 cm³/mol. The minimum Gasteiger partial charge on any atom is -0.297 e. The molecule has 0 aliphatic carbocycles. The lowest BCUT2D eigenvalue weighted by atomic mass is 9.99. The average Bonchev–Trinajstić information content (AvgIpc) is 2.62. The van der Waals surface area contributed by atoms with Crippen molar-refractivity contribution >= 4 is 0 Å². The third kappa shape index (κ3) is 2.28. The molecule has 13 heavy (non-hydrogen) atoms. The minimum absolute atomic E-state index is 0.897. The van der Waals surface area contributed by atoms with Gasteiger partial charge in [-0.1, -0.05) is 6.92 Å². The topological polar surface area (TPSA) is 44.8 Å². The molecule has 2 heterocycles. The third-order valence-corrected chi connectivity index (χ3v) is 2.73. The van der Waals surface area contributed by atoms with Gasteiger partial charge in [0.05, 0.1) is 11.9 Å². The summed E-state index contributed by atoms with van der Waals surface area (Å²) in [6.45, 7) is 5.68. The molecule has 1 saturated heterocycles. The summed E-state index contributed by atoms with van der Waals surface area (Å²) in [5, 5.41) is 10.5. The minimum atomic E-state index is 0.897. The van der Waals surface area contributed by atoms with E-state index in [0.717, 1.165) is 18.2 Å². The number of rotatable bonds is 2. The van der Waals surface area contributed by atoms with E-state index >= 15 is 0 Å². The fraction of sp³-hybridized carbons (Fsp3) is 0.778. The number of hydrogen-bond donors (Lipinski definition) is 1. The van der Waals surface area contributed by atoms with Crippen molar-refractivity contribution in [2.24, 2.45) is 5.92 Å². The van der Waals surface area contributed by atoms with Crippen LogP contribution in [-0.2, 0) is 6.54 Å². The Balaban J connectivity index is 1.83. The van der Waals surface area contributed by atoms with Crippen molar-refractivity contribution in [1.29, 1.82) is 0 Å². The SMILES string of the molecule is CC1CCN(Cc2cn[nH]n2)CC1. The van der Waals surface area contributed by atoms with Crippen LogP contribution in [0.4, 0.5) is 0 Å². The van der Waals surface area contributed by atoms with Gasteiger partial charge in [0.1, 0.15) is 0 Å². The zero-order valence-electron chi connectivity index (χ0n) is 8.03. The van der Waals surface area contributed by atoms with Gasteiger partial charge in [-0.05, 0) is 31.8 Å². The van der Waals surface area contributed by atoms with E-state index in [1.807, 2.05) is 0 Å². The maximum Gasteiger partial charge on any atom is 0.0964 e. The molecule has 1 aliphatic rings. The van der Waals surface area contributed by atoms with Crippen LogP contribution in [0.5, 0.6) is 0 Å². The van der Waals surface area contributed by atoms with Gasteiger partial charge in [-0.15, -0.1) is 0 Å². The van der Waals surface area contributed by atoms with Crippen LogP contribution in [0.15, 0.2) is 6.20 Å². The van der Waals surface area contributed by atoms with E-state index in [-0.39, 0.29) is 0 Å². The first kappa shape index (κ1) is 8.69. The monoisotopic (exact) mass is 180 g/mol. The first-order chi connectivity index (χ1) is 6.34. The van der Waals surface area contributed by atoms with E-state index in [9.17, 15) is 0 Å². The summed E-state index contributed by atoms with van der Waals surface area (Å²) in [5.74, 6) is 0.897. The summed E-state index contributed by atoms with van der Waals surface area (Å²) >= 11 is 0. The molecule has 0 spiro atoms. The molecule has 4 nitrogen and oxygen atoms in total. The second-order valence-electron chi connectivity index (χ2n) is 3.92. The van der Waals surface area contributed by atoms with Gasteiger partial charge in [0.25, 0.3) is 0 Å². The van der Waals surface area contributed by atoms with Crippen LogP contribution in [0.2, 0.25) is 0 Å². The lowest BCUT2D eigenvalue weighted by Gasteiger charge is -2.29. The van der Waals surface area contributed by atoms with Crippen LogP contribution in [0, 0.1) is 5.92 Å². The molecule has 0 aromatic carbocycles. The second kappa shape index (κ2) is 3.87. The number of nitrogens with one attached hydrogen (secondary N) is 1. The van der Waals surface area contributed by atoms with E-state index in [0.29, 0.717) is 0 Å². The highest BCUT2D eigenvalue weighted by atomic mass is 15.3. The molecule has 1 aromatic heterocycles. The summed E-state index contributed by atoms with van der Waals surface area (Å²) < 4.78 is 0. The second-order valence-corrected chi connectivity index (χ2v) is 3.92. The highest BCUT2D eigenvalue weighted by molar-refractivity contribution is 4.90. The molecule has 2 rings (SSSR count). The molecule has 0 saturated carbocycles. The Bertz CT molecular complexity index is 236. The van der Waals surface area contributed by atoms with E-state index in [2.05, 4.69) is 27.2 Å². The quantitative estimate of drug-likeness (QED) is 0.739. The molecule has 0 bridgehead atoms. The normalized spacial score (nSPS) is 20.7. The zero-order valence-corrected chi connectivity index (χ0v) is 8.03. The van der Waals surface area contributed by atoms with Gasteiger partial charge in [0.2, 0.25) is 0 Å². The van der Waals surface area contributed by atoms with Crippen LogP contribution in [0.1, 0.15) is 25.5 Å². The Morgan fingerprint density at radius 1 is 1.54 bits per heavy atom. The van der Waals surface area contributed by atoms with Crippen LogP contribution >= 0.6 is 0 Å². The molecular weight excluding hydrogens is 164 g/mol. The van der Waals surface area contributed by atoms with Gasteiger partial charge >= 0.3 is 0 Å². The highest BCUT2D eigenvalue weighted by Crippen LogP contribution is 2.16. The lowest BCUT2D eigenvalue weighted by molar-refractivity contribution is 0.183. The summed E-state index contributed by atoms with van der Waals surface area (Å²) in [6.07, 6.45) is 4.44. The summed E-state index contributed by atoms with van der Waals surface area (Å²) in [7, 11) is 0. The van der Waals surface area contributed by atoms with Crippen LogP contribution in [0.3, 0.4) is 0 Å². The number of H-pyrrole nitrogens is 1. The fourth-order valence-electron chi connectivity index (χ4n) is 1.75. The number of piperidine rings is 1. The van der Waals surface area contributed by atoms with Gasteiger partial charge < -0.3 is 0 Å². The van der Waals surface area contributed by atoms with Gasteiger partial charge in [-0.25, -0.2) is 0 Å². The molecule has 1 aromatic rings. The van der Waals surface area contributed by atoms with Crippen LogP contribution < -0.4 is 0 Å². The van der Waals surface area contributed by atoms with Gasteiger partial charge in [0, 0.05) is 6.54 Å². The Kier molecular flexibility index (Phi) is 2.59. The maximum absolute atomic E-state index is 4.05. The molecule has 4 heteroatoms. The van der Waals surface area contributed by atoms with Crippen molar-refractivity contribution in [1.82, 2.24) is 20.3 Å². The Hall–Kier alpha value is -0.900. The lowest BCUT2D eigenvalue weighted by Crippen LogP contribution is -2.32. The van der Waals surface area contributed by atoms with Crippen molar-refractivity contribution in [3.05, 3.63) is 11.9 Å². The van der Waals surface area contributed by atoms with Gasteiger partial charge in [-0.3, -0.25) is 4.90 Å². The Labute approximate surface area is 78.3 Å². The van der Waals surface area contributed by atoms with E-state index < -0.39 is 0 Å². The predicted octanol–water partition coefficient (Wildman–Crippen LogP) is 1.04.